The third-order valence-electron chi connectivity index (χ3n) is 6.97. The molecular formula is C19H32I2N2O8. The smallest absolute Gasteiger partial charge is 0.414 e. The second kappa shape index (κ2) is 11.1. The molecule has 0 spiro atoms. The number of carbonyl (C=O) groups is 2. The number of likely N-dealkylation sites (N-methyl/N-ethyl adjacent to an activating group) is 2. The molecule has 6 aliphatic rings. The average molecular weight is 670 g/mol. The quantitative estimate of drug-likeness (QED) is 0.166. The van der Waals surface area contributed by atoms with Crippen molar-refractivity contribution >= 4 is 49.2 Å². The van der Waals surface area contributed by atoms with E-state index in [4.69, 9.17) is 29.3 Å². The number of aliphatic hydroxyl groups is 2. The van der Waals surface area contributed by atoms with Gasteiger partial charge in [0.25, 0.3) is 0 Å². The first-order valence-corrected chi connectivity index (χ1v) is 16.2. The predicted octanol–water partition coefficient (Wildman–Crippen LogP) is 0.745. The Hall–Kier alpha value is 0.160. The molecule has 180 valence electrons. The van der Waals surface area contributed by atoms with Crippen LogP contribution in [-0.2, 0) is 19.1 Å². The molecule has 4 bridgehead atoms. The Kier molecular flexibility index (Phi) is 9.77. The van der Waals surface area contributed by atoms with E-state index < -0.39 is 11.9 Å². The van der Waals surface area contributed by atoms with Crippen LogP contribution in [-0.4, -0.2) is 117 Å². The fraction of sp³-hybridized carbons (Fsp3) is 0.895. The lowest BCUT2D eigenvalue weighted by Gasteiger charge is -2.36. The van der Waals surface area contributed by atoms with Crippen molar-refractivity contribution in [2.75, 3.05) is 14.1 Å². The van der Waals surface area contributed by atoms with Gasteiger partial charge in [0, 0.05) is 61.4 Å². The SMILES string of the molecule is C.CN1C2CC(O)CC1C1OC12.CN1C2CC(O)CC1C1OC12.II.O=C(O)C(=O)O. The lowest BCUT2D eigenvalue weighted by Crippen LogP contribution is -2.46. The zero-order chi connectivity index (χ0) is 22.3. The summed E-state index contributed by atoms with van der Waals surface area (Å²) >= 11 is 4.24. The Morgan fingerprint density at radius 3 is 1.13 bits per heavy atom. The number of carboxylic acid groups (broad SMARTS) is 2. The standard InChI is InChI=1S/2C8H13NO2.C2H2O4.CH4.I2/c2*1-9-5-2-4(10)3-6(9)8-7(5)11-8;3-1(4)2(5)6;;1-2/h2*4-8,10H,2-3H2,1H3;(H,3,4)(H,5,6);1H4;. The Morgan fingerprint density at radius 2 is 0.935 bits per heavy atom. The summed E-state index contributed by atoms with van der Waals surface area (Å²) in [7, 11) is 4.30. The zero-order valence-corrected chi connectivity index (χ0v) is 21.0. The number of ether oxygens (including phenoxy) is 2. The lowest BCUT2D eigenvalue weighted by molar-refractivity contribution is -0.159. The van der Waals surface area contributed by atoms with Gasteiger partial charge in [-0.1, -0.05) is 7.43 Å². The van der Waals surface area contributed by atoms with E-state index >= 15 is 0 Å². The van der Waals surface area contributed by atoms with Gasteiger partial charge < -0.3 is 29.9 Å². The van der Waals surface area contributed by atoms with E-state index in [9.17, 15) is 10.2 Å². The molecule has 0 amide bonds. The first kappa shape index (κ1) is 27.4. The van der Waals surface area contributed by atoms with Gasteiger partial charge >= 0.3 is 11.9 Å². The molecule has 0 saturated carbocycles. The highest BCUT2D eigenvalue weighted by molar-refractivity contribution is 15.0. The average Bonchev–Trinajstić information content (AvgIpc) is 3.58. The molecule has 0 aliphatic carbocycles. The van der Waals surface area contributed by atoms with Crippen molar-refractivity contribution in [2.24, 2.45) is 0 Å². The molecule has 6 fully saturated rings. The molecule has 10 nitrogen and oxygen atoms in total. The number of aliphatic hydroxyl groups excluding tert-OH is 2. The number of rotatable bonds is 0. The zero-order valence-electron chi connectivity index (χ0n) is 16.7. The van der Waals surface area contributed by atoms with Gasteiger partial charge in [-0.2, -0.15) is 0 Å². The van der Waals surface area contributed by atoms with E-state index in [0.717, 1.165) is 25.7 Å². The van der Waals surface area contributed by atoms with E-state index in [2.05, 4.69) is 61.1 Å². The van der Waals surface area contributed by atoms with Crippen LogP contribution in [0.25, 0.3) is 0 Å². The summed E-state index contributed by atoms with van der Waals surface area (Å²) in [6.07, 6.45) is 5.34. The fourth-order valence-electron chi connectivity index (χ4n) is 5.44. The maximum Gasteiger partial charge on any atom is 0.414 e. The summed E-state index contributed by atoms with van der Waals surface area (Å²) in [6.45, 7) is 0. The van der Waals surface area contributed by atoms with Gasteiger partial charge in [0.1, 0.15) is 24.4 Å². The van der Waals surface area contributed by atoms with Crippen LogP contribution in [0.15, 0.2) is 0 Å². The summed E-state index contributed by atoms with van der Waals surface area (Å²) in [4.78, 5) is 23.0. The Bertz CT molecular complexity index is 568. The topological polar surface area (TPSA) is 147 Å². The highest BCUT2D eigenvalue weighted by Gasteiger charge is 2.63. The normalized spacial score (nSPS) is 45.0. The molecule has 12 heteroatoms. The second-order valence-corrected chi connectivity index (χ2v) is 8.59. The number of carboxylic acids is 2. The van der Waals surface area contributed by atoms with Crippen LogP contribution in [0.5, 0.6) is 0 Å². The minimum absolute atomic E-state index is 0. The van der Waals surface area contributed by atoms with Crippen molar-refractivity contribution in [3.05, 3.63) is 0 Å². The number of morpholine rings is 2. The van der Waals surface area contributed by atoms with Crippen molar-refractivity contribution in [1.29, 1.82) is 0 Å². The molecule has 4 N–H and O–H groups in total. The number of hydrogen-bond donors (Lipinski definition) is 4. The summed E-state index contributed by atoms with van der Waals surface area (Å²) in [5, 5.41) is 33.7. The van der Waals surface area contributed by atoms with Gasteiger partial charge in [0.05, 0.1) is 12.2 Å². The largest absolute Gasteiger partial charge is 0.473 e. The fourth-order valence-corrected chi connectivity index (χ4v) is 5.44. The van der Waals surface area contributed by atoms with Crippen LogP contribution in [0.2, 0.25) is 0 Å². The van der Waals surface area contributed by atoms with Gasteiger partial charge in [0.2, 0.25) is 0 Å². The van der Waals surface area contributed by atoms with Gasteiger partial charge in [-0.25, -0.2) is 9.59 Å². The molecule has 6 saturated heterocycles. The molecule has 0 radical (unpaired) electrons. The molecule has 0 aromatic heterocycles. The minimum atomic E-state index is -1.82. The van der Waals surface area contributed by atoms with Crippen molar-refractivity contribution < 1.29 is 39.5 Å². The van der Waals surface area contributed by atoms with Gasteiger partial charge in [-0.15, -0.1) is 0 Å². The number of fused-ring (bicyclic) bond motifs is 10. The molecule has 0 aromatic carbocycles. The number of aliphatic carboxylic acids is 2. The van der Waals surface area contributed by atoms with Crippen LogP contribution < -0.4 is 0 Å². The predicted molar refractivity (Wildman–Crippen MR) is 129 cm³/mol. The third-order valence-corrected chi connectivity index (χ3v) is 6.97. The first-order chi connectivity index (χ1) is 14.2. The lowest BCUT2D eigenvalue weighted by atomic mass is 10.00. The maximum atomic E-state index is 9.46. The summed E-state index contributed by atoms with van der Waals surface area (Å²) in [6, 6.07) is 2.03. The molecule has 6 heterocycles. The summed E-state index contributed by atoms with van der Waals surface area (Å²) in [5.74, 6) is -3.65. The second-order valence-electron chi connectivity index (χ2n) is 8.59. The van der Waals surface area contributed by atoms with Crippen LogP contribution >= 0.6 is 37.2 Å². The molecule has 8 unspecified atom stereocenters. The minimum Gasteiger partial charge on any atom is -0.473 e. The summed E-state index contributed by atoms with van der Waals surface area (Å²) in [5.41, 5.74) is 0. The summed E-state index contributed by atoms with van der Waals surface area (Å²) < 4.78 is 11.0. The van der Waals surface area contributed by atoms with Crippen molar-refractivity contribution in [1.82, 2.24) is 9.80 Å². The van der Waals surface area contributed by atoms with Crippen molar-refractivity contribution in [3.63, 3.8) is 0 Å². The molecule has 8 atom stereocenters. The number of epoxide rings is 2. The molecule has 6 aliphatic heterocycles. The molecule has 31 heavy (non-hydrogen) atoms. The Labute approximate surface area is 205 Å². The molecule has 6 rings (SSSR count). The van der Waals surface area contributed by atoms with Crippen LogP contribution in [0.1, 0.15) is 33.1 Å². The van der Waals surface area contributed by atoms with Gasteiger partial charge in [0.15, 0.2) is 0 Å². The number of nitrogens with zero attached hydrogens (tertiary/aromatic N) is 2. The Balaban J connectivity index is 0.000000164. The molecule has 0 aromatic rings. The van der Waals surface area contributed by atoms with E-state index in [0.29, 0.717) is 48.6 Å². The van der Waals surface area contributed by atoms with E-state index in [1.54, 1.807) is 0 Å². The Morgan fingerprint density at radius 1 is 0.710 bits per heavy atom. The van der Waals surface area contributed by atoms with Crippen molar-refractivity contribution in [3.8, 4) is 0 Å². The highest BCUT2D eigenvalue weighted by Crippen LogP contribution is 2.48. The van der Waals surface area contributed by atoms with Crippen LogP contribution in [0.4, 0.5) is 0 Å². The van der Waals surface area contributed by atoms with E-state index in [1.165, 1.54) is 0 Å². The third kappa shape index (κ3) is 5.81. The van der Waals surface area contributed by atoms with Crippen LogP contribution in [0.3, 0.4) is 0 Å². The van der Waals surface area contributed by atoms with E-state index in [1.807, 2.05) is 0 Å². The van der Waals surface area contributed by atoms with Crippen LogP contribution in [0, 0.1) is 0 Å². The molecular weight excluding hydrogens is 638 g/mol. The van der Waals surface area contributed by atoms with Crippen molar-refractivity contribution in [2.45, 2.75) is 93.9 Å². The number of hydrogen-bond acceptors (Lipinski definition) is 8. The number of piperidine rings is 2. The number of halogens is 2. The highest BCUT2D eigenvalue weighted by atomic mass is 128. The van der Waals surface area contributed by atoms with Gasteiger partial charge in [-0.3, -0.25) is 9.80 Å². The van der Waals surface area contributed by atoms with Gasteiger partial charge in [-0.05, 0) is 39.8 Å². The maximum absolute atomic E-state index is 9.46. The monoisotopic (exact) mass is 670 g/mol. The first-order valence-electron chi connectivity index (χ1n) is 9.90. The van der Waals surface area contributed by atoms with E-state index in [-0.39, 0.29) is 19.6 Å².